The zero-order valence-corrected chi connectivity index (χ0v) is 15.1. The maximum absolute atomic E-state index is 12.1. The van der Waals surface area contributed by atoms with Crippen LogP contribution in [0.25, 0.3) is 11.5 Å². The largest absolute Gasteiger partial charge is 0.467 e. The number of carbonyl (C=O) groups excluding carboxylic acids is 1. The van der Waals surface area contributed by atoms with Gasteiger partial charge in [-0.2, -0.15) is 0 Å². The molecule has 1 aromatic carbocycles. The van der Waals surface area contributed by atoms with Gasteiger partial charge in [0.05, 0.1) is 23.6 Å². The van der Waals surface area contributed by atoms with E-state index in [-0.39, 0.29) is 11.2 Å². The van der Waals surface area contributed by atoms with Gasteiger partial charge in [0.2, 0.25) is 11.8 Å². The summed E-state index contributed by atoms with van der Waals surface area (Å²) >= 11 is 4.66. The lowest BCUT2D eigenvalue weighted by atomic mass is 10.2. The van der Waals surface area contributed by atoms with Crippen LogP contribution in [0.15, 0.2) is 61.2 Å². The molecule has 0 unspecified atom stereocenters. The predicted molar refractivity (Wildman–Crippen MR) is 93.3 cm³/mol. The molecule has 8 heteroatoms. The lowest BCUT2D eigenvalue weighted by Crippen LogP contribution is -2.30. The third kappa shape index (κ3) is 4.07. The van der Waals surface area contributed by atoms with Gasteiger partial charge in [-0.3, -0.25) is 4.79 Å². The fourth-order valence-electron chi connectivity index (χ4n) is 1.94. The first-order chi connectivity index (χ1) is 11.6. The molecule has 2 aromatic heterocycles. The Balaban J connectivity index is 1.59. The van der Waals surface area contributed by atoms with Gasteiger partial charge in [0, 0.05) is 4.47 Å². The first kappa shape index (κ1) is 16.8. The summed E-state index contributed by atoms with van der Waals surface area (Å²) in [5, 5.41) is 10.8. The number of carbonyl (C=O) groups is 1. The molecule has 0 saturated heterocycles. The van der Waals surface area contributed by atoms with Crippen LogP contribution in [0.2, 0.25) is 0 Å². The highest BCUT2D eigenvalue weighted by molar-refractivity contribution is 9.10. The second kappa shape index (κ2) is 7.67. The summed E-state index contributed by atoms with van der Waals surface area (Å²) in [5.41, 5.74) is 0.812. The second-order valence-corrected chi connectivity index (χ2v) is 7.06. The average molecular weight is 408 g/mol. The Hall–Kier alpha value is -2.06. The number of halogens is 1. The van der Waals surface area contributed by atoms with Gasteiger partial charge in [-0.25, -0.2) is 0 Å². The second-order valence-electron chi connectivity index (χ2n) is 4.91. The van der Waals surface area contributed by atoms with Crippen molar-refractivity contribution < 1.29 is 13.6 Å². The minimum Gasteiger partial charge on any atom is -0.467 e. The van der Waals surface area contributed by atoms with Gasteiger partial charge < -0.3 is 14.2 Å². The van der Waals surface area contributed by atoms with Crippen LogP contribution in [0, 0.1) is 0 Å². The molecule has 1 amide bonds. The number of hydrogen-bond acceptors (Lipinski definition) is 6. The molecule has 3 rings (SSSR count). The Morgan fingerprint density at radius 2 is 2.12 bits per heavy atom. The molecular weight excluding hydrogens is 394 g/mol. The molecule has 0 radical (unpaired) electrons. The SMILES string of the molecule is C[C@H](Sc1nnc(-c2ccccc2Br)o1)C(=O)NCc1ccco1. The summed E-state index contributed by atoms with van der Waals surface area (Å²) in [6.07, 6.45) is 1.57. The highest BCUT2D eigenvalue weighted by atomic mass is 79.9. The number of furan rings is 1. The number of nitrogens with zero attached hydrogens (tertiary/aromatic N) is 2. The van der Waals surface area contributed by atoms with Crippen LogP contribution in [0.1, 0.15) is 12.7 Å². The standard InChI is InChI=1S/C16H14BrN3O3S/c1-10(14(21)18-9-11-5-4-8-22-11)24-16-20-19-15(23-16)12-6-2-3-7-13(12)17/h2-8,10H,9H2,1H3,(H,18,21)/t10-/m0/s1. The maximum atomic E-state index is 12.1. The van der Waals surface area contributed by atoms with Crippen LogP contribution >= 0.6 is 27.7 Å². The van der Waals surface area contributed by atoms with Crippen LogP contribution in [-0.4, -0.2) is 21.4 Å². The van der Waals surface area contributed by atoms with E-state index in [1.807, 2.05) is 24.3 Å². The smallest absolute Gasteiger partial charge is 0.277 e. The molecule has 2 heterocycles. The van der Waals surface area contributed by atoms with Gasteiger partial charge in [0.25, 0.3) is 5.22 Å². The number of amides is 1. The van der Waals surface area contributed by atoms with E-state index in [0.717, 1.165) is 10.0 Å². The van der Waals surface area contributed by atoms with Crippen LogP contribution in [-0.2, 0) is 11.3 Å². The highest BCUT2D eigenvalue weighted by Gasteiger charge is 2.19. The Kier molecular flexibility index (Phi) is 5.37. The Labute approximate surface area is 151 Å². The van der Waals surface area contributed by atoms with E-state index in [1.165, 1.54) is 11.8 Å². The van der Waals surface area contributed by atoms with Gasteiger partial charge >= 0.3 is 0 Å². The molecule has 0 aliphatic heterocycles. The van der Waals surface area contributed by atoms with E-state index in [0.29, 0.717) is 23.4 Å². The predicted octanol–water partition coefficient (Wildman–Crippen LogP) is 3.89. The van der Waals surface area contributed by atoms with Gasteiger partial charge in [0.1, 0.15) is 5.76 Å². The molecule has 0 aliphatic carbocycles. The molecule has 6 nitrogen and oxygen atoms in total. The monoisotopic (exact) mass is 407 g/mol. The fourth-order valence-corrected chi connectivity index (χ4v) is 3.10. The van der Waals surface area contributed by atoms with Gasteiger partial charge in [0.15, 0.2) is 0 Å². The highest BCUT2D eigenvalue weighted by Crippen LogP contribution is 2.30. The van der Waals surface area contributed by atoms with E-state index in [9.17, 15) is 4.79 Å². The average Bonchev–Trinajstić information content (AvgIpc) is 3.24. The lowest BCUT2D eigenvalue weighted by Gasteiger charge is -2.08. The summed E-state index contributed by atoms with van der Waals surface area (Å²) in [6.45, 7) is 2.13. The van der Waals surface area contributed by atoms with Crippen molar-refractivity contribution in [2.24, 2.45) is 0 Å². The van der Waals surface area contributed by atoms with E-state index in [4.69, 9.17) is 8.83 Å². The topological polar surface area (TPSA) is 81.2 Å². The zero-order chi connectivity index (χ0) is 16.9. The number of hydrogen-bond donors (Lipinski definition) is 1. The van der Waals surface area contributed by atoms with Gasteiger partial charge in [-0.15, -0.1) is 10.2 Å². The molecule has 3 aromatic rings. The Morgan fingerprint density at radius 3 is 2.88 bits per heavy atom. The summed E-state index contributed by atoms with van der Waals surface area (Å²) < 4.78 is 11.7. The quantitative estimate of drug-likeness (QED) is 0.624. The van der Waals surface area contributed by atoms with Crippen molar-refractivity contribution in [2.45, 2.75) is 23.9 Å². The maximum Gasteiger partial charge on any atom is 0.277 e. The molecule has 1 N–H and O–H groups in total. The molecule has 0 bridgehead atoms. The summed E-state index contributed by atoms with van der Waals surface area (Å²) in [7, 11) is 0. The van der Waals surface area contributed by atoms with E-state index in [1.54, 1.807) is 25.3 Å². The van der Waals surface area contributed by atoms with Gasteiger partial charge in [-0.05, 0) is 47.1 Å². The van der Waals surface area contributed by atoms with Crippen molar-refractivity contribution in [3.8, 4) is 11.5 Å². The summed E-state index contributed by atoms with van der Waals surface area (Å²) in [6, 6.07) is 11.2. The number of nitrogens with one attached hydrogen (secondary N) is 1. The third-order valence-electron chi connectivity index (χ3n) is 3.17. The minimum atomic E-state index is -0.368. The van der Waals surface area contributed by atoms with E-state index in [2.05, 4.69) is 31.4 Å². The molecule has 124 valence electrons. The van der Waals surface area contributed by atoms with Crippen molar-refractivity contribution in [1.29, 1.82) is 0 Å². The van der Waals surface area contributed by atoms with E-state index >= 15 is 0 Å². The molecule has 0 aliphatic rings. The summed E-state index contributed by atoms with van der Waals surface area (Å²) in [4.78, 5) is 12.1. The van der Waals surface area contributed by atoms with Crippen LogP contribution < -0.4 is 5.32 Å². The van der Waals surface area contributed by atoms with Crippen molar-refractivity contribution in [3.05, 3.63) is 52.9 Å². The molecule has 0 fully saturated rings. The van der Waals surface area contributed by atoms with Crippen molar-refractivity contribution in [2.75, 3.05) is 0 Å². The van der Waals surface area contributed by atoms with Crippen LogP contribution in [0.5, 0.6) is 0 Å². The molecule has 24 heavy (non-hydrogen) atoms. The van der Waals surface area contributed by atoms with Gasteiger partial charge in [-0.1, -0.05) is 23.9 Å². The third-order valence-corrected chi connectivity index (χ3v) is 4.80. The molecule has 1 atom stereocenters. The number of rotatable bonds is 6. The molecular formula is C16H14BrN3O3S. The Bertz CT molecular complexity index is 820. The first-order valence-electron chi connectivity index (χ1n) is 7.18. The number of aromatic nitrogens is 2. The molecule has 0 spiro atoms. The number of benzene rings is 1. The van der Waals surface area contributed by atoms with Crippen LogP contribution in [0.4, 0.5) is 0 Å². The summed E-state index contributed by atoms with van der Waals surface area (Å²) in [5.74, 6) is 0.986. The molecule has 0 saturated carbocycles. The zero-order valence-electron chi connectivity index (χ0n) is 12.7. The first-order valence-corrected chi connectivity index (χ1v) is 8.86. The van der Waals surface area contributed by atoms with Crippen molar-refractivity contribution in [1.82, 2.24) is 15.5 Å². The number of thioether (sulfide) groups is 1. The Morgan fingerprint density at radius 1 is 1.29 bits per heavy atom. The van der Waals surface area contributed by atoms with E-state index < -0.39 is 0 Å². The lowest BCUT2D eigenvalue weighted by molar-refractivity contribution is -0.120. The van der Waals surface area contributed by atoms with Crippen LogP contribution in [0.3, 0.4) is 0 Å². The van der Waals surface area contributed by atoms with Crippen molar-refractivity contribution in [3.63, 3.8) is 0 Å². The normalized spacial score (nSPS) is 12.1. The van der Waals surface area contributed by atoms with Crippen molar-refractivity contribution >= 4 is 33.6 Å². The fraction of sp³-hybridized carbons (Fsp3) is 0.188. The minimum absolute atomic E-state index is 0.128.